The van der Waals surface area contributed by atoms with E-state index in [4.69, 9.17) is 4.74 Å². The average Bonchev–Trinajstić information content (AvgIpc) is 3.00. The molecular formula is C16H20N2O3S. The number of nitrogens with one attached hydrogen (secondary N) is 1. The predicted octanol–water partition coefficient (Wildman–Crippen LogP) is 2.40. The van der Waals surface area contributed by atoms with Crippen LogP contribution in [0.4, 0.5) is 4.79 Å². The summed E-state index contributed by atoms with van der Waals surface area (Å²) in [7, 11) is 0. The predicted molar refractivity (Wildman–Crippen MR) is 86.0 cm³/mol. The van der Waals surface area contributed by atoms with Crippen molar-refractivity contribution in [2.45, 2.75) is 38.5 Å². The molecule has 0 aliphatic carbocycles. The molecule has 0 radical (unpaired) electrons. The number of benzene rings is 1. The summed E-state index contributed by atoms with van der Waals surface area (Å²) in [5, 5.41) is 2.88. The van der Waals surface area contributed by atoms with Gasteiger partial charge in [0.05, 0.1) is 12.6 Å². The van der Waals surface area contributed by atoms with Crippen LogP contribution in [0.3, 0.4) is 0 Å². The van der Waals surface area contributed by atoms with Crippen molar-refractivity contribution in [1.82, 2.24) is 10.2 Å². The smallest absolute Gasteiger partial charge is 0.325 e. The van der Waals surface area contributed by atoms with Crippen molar-refractivity contribution in [1.29, 1.82) is 0 Å². The Hall–Kier alpha value is -1.69. The molecule has 1 N–H and O–H groups in total. The highest BCUT2D eigenvalue weighted by Crippen LogP contribution is 2.34. The standard InChI is InChI=1S/C16H20N2O3S/c1-11(2)21-13-5-3-4-12(8-13)9-18-14(19)16(17-15(18)20)6-7-22-10-16/h3-5,8,11H,6-7,9-10H2,1-2H3,(H,17,20)/t16-/m1/s1. The Morgan fingerprint density at radius 3 is 2.91 bits per heavy atom. The highest BCUT2D eigenvalue weighted by molar-refractivity contribution is 7.99. The van der Waals surface area contributed by atoms with Crippen LogP contribution in [0.15, 0.2) is 24.3 Å². The van der Waals surface area contributed by atoms with Gasteiger partial charge in [0.2, 0.25) is 0 Å². The molecule has 5 nitrogen and oxygen atoms in total. The van der Waals surface area contributed by atoms with Crippen molar-refractivity contribution in [2.24, 2.45) is 0 Å². The van der Waals surface area contributed by atoms with E-state index in [0.29, 0.717) is 5.75 Å². The monoisotopic (exact) mass is 320 g/mol. The van der Waals surface area contributed by atoms with Gasteiger partial charge in [-0.15, -0.1) is 0 Å². The Morgan fingerprint density at radius 2 is 2.23 bits per heavy atom. The third-order valence-electron chi connectivity index (χ3n) is 3.88. The normalized spacial score (nSPS) is 24.4. The molecule has 0 bridgehead atoms. The third-order valence-corrected chi connectivity index (χ3v) is 5.07. The quantitative estimate of drug-likeness (QED) is 0.866. The summed E-state index contributed by atoms with van der Waals surface area (Å²) in [6, 6.07) is 7.26. The molecule has 118 valence electrons. The second-order valence-electron chi connectivity index (χ2n) is 6.02. The van der Waals surface area contributed by atoms with Crippen LogP contribution in [0, 0.1) is 0 Å². The van der Waals surface area contributed by atoms with Gasteiger partial charge < -0.3 is 10.1 Å². The largest absolute Gasteiger partial charge is 0.491 e. The molecule has 1 aromatic rings. The van der Waals surface area contributed by atoms with E-state index in [9.17, 15) is 9.59 Å². The number of carbonyl (C=O) groups is 2. The van der Waals surface area contributed by atoms with Gasteiger partial charge in [-0.05, 0) is 43.7 Å². The maximum Gasteiger partial charge on any atom is 0.325 e. The number of hydrogen-bond donors (Lipinski definition) is 1. The molecule has 2 heterocycles. The molecule has 6 heteroatoms. The number of carbonyl (C=O) groups excluding carboxylic acids is 2. The minimum atomic E-state index is -0.673. The van der Waals surface area contributed by atoms with Crippen LogP contribution in [0.2, 0.25) is 0 Å². The first-order valence-electron chi connectivity index (χ1n) is 7.48. The molecule has 2 aliphatic rings. The molecule has 1 aromatic carbocycles. The minimum Gasteiger partial charge on any atom is -0.491 e. The van der Waals surface area contributed by atoms with Gasteiger partial charge in [-0.1, -0.05) is 12.1 Å². The topological polar surface area (TPSA) is 58.6 Å². The fourth-order valence-electron chi connectivity index (χ4n) is 2.82. The van der Waals surface area contributed by atoms with Crippen molar-refractivity contribution in [3.63, 3.8) is 0 Å². The first kappa shape index (κ1) is 15.2. The summed E-state index contributed by atoms with van der Waals surface area (Å²) in [4.78, 5) is 26.1. The summed E-state index contributed by atoms with van der Waals surface area (Å²) in [6.07, 6.45) is 0.806. The zero-order valence-electron chi connectivity index (χ0n) is 12.8. The van der Waals surface area contributed by atoms with Crippen LogP contribution in [0.1, 0.15) is 25.8 Å². The fraction of sp³-hybridized carbons (Fsp3) is 0.500. The Kier molecular flexibility index (Phi) is 4.04. The maximum absolute atomic E-state index is 12.6. The molecule has 0 saturated carbocycles. The first-order chi connectivity index (χ1) is 10.5. The van der Waals surface area contributed by atoms with Gasteiger partial charge in [-0.25, -0.2) is 4.79 Å². The van der Waals surface area contributed by atoms with Gasteiger partial charge in [0.1, 0.15) is 11.3 Å². The number of ether oxygens (including phenoxy) is 1. The average molecular weight is 320 g/mol. The molecule has 0 unspecified atom stereocenters. The molecule has 1 atom stereocenters. The van der Waals surface area contributed by atoms with Crippen molar-refractivity contribution in [2.75, 3.05) is 11.5 Å². The van der Waals surface area contributed by atoms with E-state index in [0.717, 1.165) is 23.5 Å². The van der Waals surface area contributed by atoms with Crippen molar-refractivity contribution < 1.29 is 14.3 Å². The lowest BCUT2D eigenvalue weighted by Gasteiger charge is -2.19. The lowest BCUT2D eigenvalue weighted by Crippen LogP contribution is -2.46. The molecule has 22 heavy (non-hydrogen) atoms. The lowest BCUT2D eigenvalue weighted by molar-refractivity contribution is -0.130. The second-order valence-corrected chi connectivity index (χ2v) is 7.13. The van der Waals surface area contributed by atoms with Crippen LogP contribution < -0.4 is 10.1 Å². The van der Waals surface area contributed by atoms with Gasteiger partial charge in [0.15, 0.2) is 0 Å². The second kappa shape index (κ2) is 5.83. The van der Waals surface area contributed by atoms with Crippen LogP contribution in [0.5, 0.6) is 5.75 Å². The van der Waals surface area contributed by atoms with E-state index in [1.54, 1.807) is 11.8 Å². The number of imide groups is 1. The summed E-state index contributed by atoms with van der Waals surface area (Å²) >= 11 is 1.71. The number of rotatable bonds is 4. The van der Waals surface area contributed by atoms with Gasteiger partial charge >= 0.3 is 6.03 Å². The van der Waals surface area contributed by atoms with Gasteiger partial charge in [0.25, 0.3) is 5.91 Å². The van der Waals surface area contributed by atoms with Gasteiger partial charge in [-0.3, -0.25) is 9.69 Å². The molecule has 0 aromatic heterocycles. The number of urea groups is 1. The van der Waals surface area contributed by atoms with E-state index in [1.165, 1.54) is 4.90 Å². The van der Waals surface area contributed by atoms with E-state index in [2.05, 4.69) is 5.32 Å². The molecule has 2 fully saturated rings. The highest BCUT2D eigenvalue weighted by Gasteiger charge is 2.52. The van der Waals surface area contributed by atoms with E-state index >= 15 is 0 Å². The Bertz CT molecular complexity index is 597. The van der Waals surface area contributed by atoms with Gasteiger partial charge in [-0.2, -0.15) is 11.8 Å². The summed E-state index contributed by atoms with van der Waals surface area (Å²) in [5.74, 6) is 2.24. The van der Waals surface area contributed by atoms with Crippen molar-refractivity contribution in [3.8, 4) is 5.75 Å². The number of hydrogen-bond acceptors (Lipinski definition) is 4. The van der Waals surface area contributed by atoms with E-state index < -0.39 is 5.54 Å². The molecule has 1 spiro atoms. The molecule has 2 saturated heterocycles. The molecule has 3 amide bonds. The molecule has 3 rings (SSSR count). The van der Waals surface area contributed by atoms with E-state index in [1.807, 2.05) is 38.1 Å². The SMILES string of the molecule is CC(C)Oc1cccc(CN2C(=O)N[C@@]3(CCSC3)C2=O)c1. The lowest BCUT2D eigenvalue weighted by atomic mass is 9.99. The van der Waals surface area contributed by atoms with Crippen LogP contribution >= 0.6 is 11.8 Å². The zero-order valence-corrected chi connectivity index (χ0v) is 13.6. The molecule has 2 aliphatic heterocycles. The summed E-state index contributed by atoms with van der Waals surface area (Å²) in [6.45, 7) is 4.21. The minimum absolute atomic E-state index is 0.0887. The van der Waals surface area contributed by atoms with Crippen LogP contribution in [-0.2, 0) is 11.3 Å². The Balaban J connectivity index is 1.75. The van der Waals surface area contributed by atoms with E-state index in [-0.39, 0.29) is 24.6 Å². The van der Waals surface area contributed by atoms with Crippen LogP contribution in [0.25, 0.3) is 0 Å². The summed E-state index contributed by atoms with van der Waals surface area (Å²) < 4.78 is 5.66. The highest BCUT2D eigenvalue weighted by atomic mass is 32.2. The number of thioether (sulfide) groups is 1. The van der Waals surface area contributed by atoms with Crippen molar-refractivity contribution in [3.05, 3.63) is 29.8 Å². The Labute approximate surface area is 134 Å². The fourth-order valence-corrected chi connectivity index (χ4v) is 4.15. The molecular weight excluding hydrogens is 300 g/mol. The third kappa shape index (κ3) is 2.79. The van der Waals surface area contributed by atoms with Gasteiger partial charge in [0, 0.05) is 5.75 Å². The number of nitrogens with zero attached hydrogens (tertiary/aromatic N) is 1. The zero-order chi connectivity index (χ0) is 15.7. The maximum atomic E-state index is 12.6. The summed E-state index contributed by atoms with van der Waals surface area (Å²) in [5.41, 5.74) is 0.220. The van der Waals surface area contributed by atoms with Crippen molar-refractivity contribution >= 4 is 23.7 Å². The van der Waals surface area contributed by atoms with Crippen LogP contribution in [-0.4, -0.2) is 40.0 Å². The number of amides is 3. The first-order valence-corrected chi connectivity index (χ1v) is 8.63. The Morgan fingerprint density at radius 1 is 1.41 bits per heavy atom.